The van der Waals surface area contributed by atoms with Gasteiger partial charge in [0.15, 0.2) is 0 Å². The van der Waals surface area contributed by atoms with Gasteiger partial charge in [-0.05, 0) is 53.2 Å². The summed E-state index contributed by atoms with van der Waals surface area (Å²) in [7, 11) is 6.19. The SMILES string of the molecule is C=CC(=C)N(CCCNC)CCCN(C)C. The van der Waals surface area contributed by atoms with Crippen molar-refractivity contribution >= 4 is 0 Å². The van der Waals surface area contributed by atoms with Gasteiger partial charge in [-0.15, -0.1) is 0 Å². The maximum atomic E-state index is 4.02. The van der Waals surface area contributed by atoms with Gasteiger partial charge in [-0.1, -0.05) is 13.2 Å². The van der Waals surface area contributed by atoms with Crippen LogP contribution in [-0.2, 0) is 0 Å². The second-order valence-corrected chi connectivity index (χ2v) is 4.30. The Morgan fingerprint density at radius 1 is 1.19 bits per heavy atom. The predicted molar refractivity (Wildman–Crippen MR) is 72.6 cm³/mol. The fraction of sp³-hybridized carbons (Fsp3) is 0.692. The molecule has 0 bridgehead atoms. The molecule has 0 heterocycles. The fourth-order valence-corrected chi connectivity index (χ4v) is 1.55. The molecule has 0 fully saturated rings. The molecule has 0 amide bonds. The van der Waals surface area contributed by atoms with E-state index in [1.165, 1.54) is 6.42 Å². The molecule has 3 heteroatoms. The van der Waals surface area contributed by atoms with Gasteiger partial charge in [0.1, 0.15) is 0 Å². The summed E-state index contributed by atoms with van der Waals surface area (Å²) in [6.07, 6.45) is 4.15. The standard InChI is InChI=1S/C13H27N3/c1-6-13(2)16(11-7-9-14-3)12-8-10-15(4)5/h6,14H,1-2,7-12H2,3-5H3. The molecule has 0 aliphatic rings. The first kappa shape index (κ1) is 15.2. The Kier molecular flexibility index (Phi) is 8.96. The maximum absolute atomic E-state index is 4.02. The zero-order chi connectivity index (χ0) is 12.4. The smallest absolute Gasteiger partial charge is 0.0287 e. The molecule has 0 saturated carbocycles. The summed E-state index contributed by atoms with van der Waals surface area (Å²) in [6.45, 7) is 12.1. The van der Waals surface area contributed by atoms with Gasteiger partial charge in [-0.3, -0.25) is 0 Å². The summed E-state index contributed by atoms with van der Waals surface area (Å²) >= 11 is 0. The summed E-state index contributed by atoms with van der Waals surface area (Å²) in [5.74, 6) is 0. The van der Waals surface area contributed by atoms with E-state index in [0.717, 1.165) is 38.3 Å². The molecule has 0 atom stereocenters. The molecular weight excluding hydrogens is 198 g/mol. The minimum Gasteiger partial charge on any atom is -0.372 e. The van der Waals surface area contributed by atoms with E-state index >= 15 is 0 Å². The van der Waals surface area contributed by atoms with Crippen LogP contribution in [0.5, 0.6) is 0 Å². The van der Waals surface area contributed by atoms with E-state index in [1.54, 1.807) is 0 Å². The Morgan fingerprint density at radius 3 is 2.31 bits per heavy atom. The first-order chi connectivity index (χ1) is 7.61. The van der Waals surface area contributed by atoms with E-state index in [2.05, 4.69) is 42.4 Å². The zero-order valence-corrected chi connectivity index (χ0v) is 11.1. The Hall–Kier alpha value is -0.800. The van der Waals surface area contributed by atoms with Crippen LogP contribution in [0, 0.1) is 0 Å². The molecule has 16 heavy (non-hydrogen) atoms. The molecule has 0 aliphatic carbocycles. The molecular formula is C13H27N3. The van der Waals surface area contributed by atoms with E-state index in [1.807, 2.05) is 13.1 Å². The average molecular weight is 225 g/mol. The van der Waals surface area contributed by atoms with Gasteiger partial charge in [0.05, 0.1) is 0 Å². The van der Waals surface area contributed by atoms with Gasteiger partial charge < -0.3 is 15.1 Å². The monoisotopic (exact) mass is 225 g/mol. The van der Waals surface area contributed by atoms with E-state index in [4.69, 9.17) is 0 Å². The lowest BCUT2D eigenvalue weighted by atomic mass is 10.3. The van der Waals surface area contributed by atoms with Crippen LogP contribution < -0.4 is 5.32 Å². The first-order valence-electron chi connectivity index (χ1n) is 5.97. The highest BCUT2D eigenvalue weighted by atomic mass is 15.1. The minimum atomic E-state index is 1.04. The third-order valence-corrected chi connectivity index (χ3v) is 2.53. The lowest BCUT2D eigenvalue weighted by molar-refractivity contribution is 0.311. The average Bonchev–Trinajstić information content (AvgIpc) is 2.26. The molecule has 0 unspecified atom stereocenters. The second kappa shape index (κ2) is 9.43. The van der Waals surface area contributed by atoms with Crippen molar-refractivity contribution in [3.63, 3.8) is 0 Å². The number of nitrogens with zero attached hydrogens (tertiary/aromatic N) is 2. The molecule has 0 spiro atoms. The highest BCUT2D eigenvalue weighted by Crippen LogP contribution is 2.05. The van der Waals surface area contributed by atoms with Gasteiger partial charge in [0, 0.05) is 18.8 Å². The largest absolute Gasteiger partial charge is 0.372 e. The minimum absolute atomic E-state index is 1.04. The van der Waals surface area contributed by atoms with Gasteiger partial charge in [0.25, 0.3) is 0 Å². The van der Waals surface area contributed by atoms with Crippen molar-refractivity contribution in [3.8, 4) is 0 Å². The highest BCUT2D eigenvalue weighted by Gasteiger charge is 2.04. The van der Waals surface area contributed by atoms with E-state index in [9.17, 15) is 0 Å². The predicted octanol–water partition coefficient (Wildman–Crippen LogP) is 1.55. The Bertz CT molecular complexity index is 199. The van der Waals surface area contributed by atoms with Crippen molar-refractivity contribution in [1.82, 2.24) is 15.1 Å². The molecule has 0 saturated heterocycles. The third kappa shape index (κ3) is 7.49. The van der Waals surface area contributed by atoms with Crippen LogP contribution in [0.1, 0.15) is 12.8 Å². The van der Waals surface area contributed by atoms with Gasteiger partial charge in [-0.25, -0.2) is 0 Å². The molecule has 94 valence electrons. The Balaban J connectivity index is 3.90. The van der Waals surface area contributed by atoms with Crippen LogP contribution in [0.4, 0.5) is 0 Å². The van der Waals surface area contributed by atoms with Gasteiger partial charge >= 0.3 is 0 Å². The number of rotatable bonds is 10. The van der Waals surface area contributed by atoms with Crippen molar-refractivity contribution < 1.29 is 0 Å². The Labute approximate surface area is 101 Å². The number of hydrogen-bond acceptors (Lipinski definition) is 3. The van der Waals surface area contributed by atoms with Crippen LogP contribution in [0.3, 0.4) is 0 Å². The van der Waals surface area contributed by atoms with Crippen molar-refractivity contribution in [2.45, 2.75) is 12.8 Å². The Morgan fingerprint density at radius 2 is 1.81 bits per heavy atom. The molecule has 0 radical (unpaired) electrons. The lowest BCUT2D eigenvalue weighted by Crippen LogP contribution is -2.28. The van der Waals surface area contributed by atoms with Crippen molar-refractivity contribution in [2.24, 2.45) is 0 Å². The molecule has 0 aromatic rings. The maximum Gasteiger partial charge on any atom is 0.0287 e. The molecule has 0 aromatic carbocycles. The van der Waals surface area contributed by atoms with Crippen molar-refractivity contribution in [3.05, 3.63) is 24.9 Å². The lowest BCUT2D eigenvalue weighted by Gasteiger charge is -2.25. The van der Waals surface area contributed by atoms with Crippen LogP contribution in [0.25, 0.3) is 0 Å². The second-order valence-electron chi connectivity index (χ2n) is 4.30. The van der Waals surface area contributed by atoms with Crippen LogP contribution in [-0.4, -0.2) is 57.1 Å². The van der Waals surface area contributed by atoms with E-state index in [0.29, 0.717) is 0 Å². The van der Waals surface area contributed by atoms with Crippen LogP contribution in [0.2, 0.25) is 0 Å². The molecule has 3 nitrogen and oxygen atoms in total. The van der Waals surface area contributed by atoms with Crippen LogP contribution in [0.15, 0.2) is 24.9 Å². The quantitative estimate of drug-likeness (QED) is 0.449. The zero-order valence-electron chi connectivity index (χ0n) is 11.1. The molecule has 0 aliphatic heterocycles. The first-order valence-corrected chi connectivity index (χ1v) is 5.97. The van der Waals surface area contributed by atoms with Gasteiger partial charge in [0.2, 0.25) is 0 Å². The molecule has 0 aromatic heterocycles. The summed E-state index contributed by atoms with van der Waals surface area (Å²) in [4.78, 5) is 4.52. The summed E-state index contributed by atoms with van der Waals surface area (Å²) < 4.78 is 0. The fourth-order valence-electron chi connectivity index (χ4n) is 1.55. The number of nitrogens with one attached hydrogen (secondary N) is 1. The highest BCUT2D eigenvalue weighted by molar-refractivity contribution is 5.09. The summed E-state index contributed by atoms with van der Waals surface area (Å²) in [6, 6.07) is 0. The summed E-state index contributed by atoms with van der Waals surface area (Å²) in [5, 5.41) is 3.16. The topological polar surface area (TPSA) is 18.5 Å². The van der Waals surface area contributed by atoms with Crippen molar-refractivity contribution in [1.29, 1.82) is 0 Å². The molecule has 0 rings (SSSR count). The van der Waals surface area contributed by atoms with Crippen LogP contribution >= 0.6 is 0 Å². The molecule has 1 N–H and O–H groups in total. The third-order valence-electron chi connectivity index (χ3n) is 2.53. The van der Waals surface area contributed by atoms with Gasteiger partial charge in [-0.2, -0.15) is 0 Å². The number of allylic oxidation sites excluding steroid dienone is 1. The van der Waals surface area contributed by atoms with E-state index in [-0.39, 0.29) is 0 Å². The van der Waals surface area contributed by atoms with E-state index < -0.39 is 0 Å². The summed E-state index contributed by atoms with van der Waals surface area (Å²) in [5.41, 5.74) is 1.04. The number of hydrogen-bond donors (Lipinski definition) is 1. The normalized spacial score (nSPS) is 10.5. The van der Waals surface area contributed by atoms with Crippen molar-refractivity contribution in [2.75, 3.05) is 47.3 Å².